The molecule has 0 aromatic carbocycles. The zero-order valence-electron chi connectivity index (χ0n) is 13.0. The van der Waals surface area contributed by atoms with Gasteiger partial charge in [-0.1, -0.05) is 20.8 Å². The van der Waals surface area contributed by atoms with Gasteiger partial charge in [-0.15, -0.1) is 0 Å². The number of hydrogen-bond donors (Lipinski definition) is 1. The van der Waals surface area contributed by atoms with E-state index in [1.54, 1.807) is 0 Å². The van der Waals surface area contributed by atoms with Crippen LogP contribution in [0.1, 0.15) is 52.9 Å². The van der Waals surface area contributed by atoms with Crippen LogP contribution in [0.3, 0.4) is 0 Å². The highest BCUT2D eigenvalue weighted by Crippen LogP contribution is 2.24. The second kappa shape index (κ2) is 9.34. The van der Waals surface area contributed by atoms with Crippen molar-refractivity contribution in [2.45, 2.75) is 58.9 Å². The van der Waals surface area contributed by atoms with Crippen LogP contribution < -0.4 is 5.32 Å². The highest BCUT2D eigenvalue weighted by molar-refractivity contribution is 4.90. The Morgan fingerprint density at radius 3 is 2.74 bits per heavy atom. The molecule has 1 aliphatic heterocycles. The lowest BCUT2D eigenvalue weighted by atomic mass is 9.89. The molecule has 1 aliphatic rings. The fourth-order valence-corrected chi connectivity index (χ4v) is 2.91. The van der Waals surface area contributed by atoms with Gasteiger partial charge in [-0.3, -0.25) is 0 Å². The molecular formula is C16H31N3. The zero-order valence-corrected chi connectivity index (χ0v) is 13.0. The van der Waals surface area contributed by atoms with Crippen LogP contribution in [0.4, 0.5) is 0 Å². The molecule has 19 heavy (non-hydrogen) atoms. The smallest absolute Gasteiger partial charge is 0.0965 e. The Morgan fingerprint density at radius 1 is 1.32 bits per heavy atom. The molecule has 0 saturated carbocycles. The van der Waals surface area contributed by atoms with Gasteiger partial charge in [0.1, 0.15) is 0 Å². The summed E-state index contributed by atoms with van der Waals surface area (Å²) in [4.78, 5) is 2.56. The maximum atomic E-state index is 9.12. The second-order valence-electron chi connectivity index (χ2n) is 6.20. The molecule has 0 amide bonds. The van der Waals surface area contributed by atoms with Crippen LogP contribution in [0.25, 0.3) is 0 Å². The van der Waals surface area contributed by atoms with Crippen molar-refractivity contribution < 1.29 is 0 Å². The van der Waals surface area contributed by atoms with Gasteiger partial charge in [0.05, 0.1) is 12.1 Å². The molecular weight excluding hydrogens is 234 g/mol. The van der Waals surface area contributed by atoms with Crippen LogP contribution in [0.2, 0.25) is 0 Å². The standard InChI is InChI=1S/C16H31N3/c1-4-9-18-16(13-17)8-12-19-10-5-6-15(7-11-19)14(2)3/h14-16,18H,4-12H2,1-3H3. The van der Waals surface area contributed by atoms with Crippen LogP contribution >= 0.6 is 0 Å². The number of rotatable bonds is 7. The number of nitrogens with zero attached hydrogens (tertiary/aromatic N) is 2. The molecule has 2 unspecified atom stereocenters. The topological polar surface area (TPSA) is 39.1 Å². The summed E-state index contributed by atoms with van der Waals surface area (Å²) in [5, 5.41) is 12.4. The first-order valence-corrected chi connectivity index (χ1v) is 8.02. The SMILES string of the molecule is CCCNC(C#N)CCN1CCCC(C(C)C)CC1. The summed E-state index contributed by atoms with van der Waals surface area (Å²) < 4.78 is 0. The van der Waals surface area contributed by atoms with Gasteiger partial charge in [0.25, 0.3) is 0 Å². The predicted octanol–water partition coefficient (Wildman–Crippen LogP) is 3.03. The van der Waals surface area contributed by atoms with Gasteiger partial charge < -0.3 is 10.2 Å². The molecule has 0 aliphatic carbocycles. The molecule has 1 rings (SSSR count). The molecule has 0 aromatic rings. The molecule has 1 heterocycles. The molecule has 1 fully saturated rings. The summed E-state index contributed by atoms with van der Waals surface area (Å²) in [6, 6.07) is 2.41. The fraction of sp³-hybridized carbons (Fsp3) is 0.938. The van der Waals surface area contributed by atoms with Gasteiger partial charge in [-0.25, -0.2) is 0 Å². The largest absolute Gasteiger partial charge is 0.303 e. The molecule has 0 aromatic heterocycles. The van der Waals surface area contributed by atoms with Crippen LogP contribution in [0.15, 0.2) is 0 Å². The monoisotopic (exact) mass is 265 g/mol. The number of nitrogens with one attached hydrogen (secondary N) is 1. The Morgan fingerprint density at radius 2 is 2.11 bits per heavy atom. The van der Waals surface area contributed by atoms with E-state index in [1.165, 1.54) is 32.4 Å². The van der Waals surface area contributed by atoms with Crippen molar-refractivity contribution in [2.24, 2.45) is 11.8 Å². The first-order chi connectivity index (χ1) is 9.17. The molecule has 0 radical (unpaired) electrons. The van der Waals surface area contributed by atoms with Crippen molar-refractivity contribution in [1.29, 1.82) is 5.26 Å². The highest BCUT2D eigenvalue weighted by atomic mass is 15.1. The molecule has 3 heteroatoms. The van der Waals surface area contributed by atoms with Gasteiger partial charge in [-0.2, -0.15) is 5.26 Å². The quantitative estimate of drug-likeness (QED) is 0.769. The average Bonchev–Trinajstić information content (AvgIpc) is 2.64. The van der Waals surface area contributed by atoms with E-state index in [0.29, 0.717) is 0 Å². The minimum Gasteiger partial charge on any atom is -0.303 e. The lowest BCUT2D eigenvalue weighted by Gasteiger charge is -2.22. The minimum atomic E-state index is 0.0316. The maximum Gasteiger partial charge on any atom is 0.0965 e. The van der Waals surface area contributed by atoms with Crippen LogP contribution in [0, 0.1) is 23.2 Å². The number of likely N-dealkylation sites (tertiary alicyclic amines) is 1. The Hall–Kier alpha value is -0.590. The van der Waals surface area contributed by atoms with E-state index in [4.69, 9.17) is 5.26 Å². The van der Waals surface area contributed by atoms with Gasteiger partial charge in [0, 0.05) is 6.54 Å². The van der Waals surface area contributed by atoms with Gasteiger partial charge >= 0.3 is 0 Å². The molecule has 2 atom stereocenters. The van der Waals surface area contributed by atoms with Crippen molar-refractivity contribution in [3.63, 3.8) is 0 Å². The molecule has 1 N–H and O–H groups in total. The third-order valence-corrected chi connectivity index (χ3v) is 4.34. The lowest BCUT2D eigenvalue weighted by Crippen LogP contribution is -2.34. The summed E-state index contributed by atoms with van der Waals surface area (Å²) in [6.45, 7) is 11.3. The predicted molar refractivity (Wildman–Crippen MR) is 80.9 cm³/mol. The molecule has 110 valence electrons. The third-order valence-electron chi connectivity index (χ3n) is 4.34. The second-order valence-corrected chi connectivity index (χ2v) is 6.20. The number of nitriles is 1. The molecule has 1 saturated heterocycles. The van der Waals surface area contributed by atoms with Crippen molar-refractivity contribution in [3.05, 3.63) is 0 Å². The van der Waals surface area contributed by atoms with E-state index in [9.17, 15) is 0 Å². The van der Waals surface area contributed by atoms with Crippen LogP contribution in [0.5, 0.6) is 0 Å². The van der Waals surface area contributed by atoms with Gasteiger partial charge in [-0.05, 0) is 63.6 Å². The van der Waals surface area contributed by atoms with Crippen molar-refractivity contribution in [3.8, 4) is 6.07 Å². The van der Waals surface area contributed by atoms with E-state index in [2.05, 4.69) is 37.1 Å². The lowest BCUT2D eigenvalue weighted by molar-refractivity contribution is 0.262. The normalized spacial score (nSPS) is 23.0. The van der Waals surface area contributed by atoms with Crippen molar-refractivity contribution in [2.75, 3.05) is 26.2 Å². The highest BCUT2D eigenvalue weighted by Gasteiger charge is 2.19. The van der Waals surface area contributed by atoms with Crippen LogP contribution in [-0.2, 0) is 0 Å². The molecule has 0 bridgehead atoms. The summed E-state index contributed by atoms with van der Waals surface area (Å²) in [6.07, 6.45) is 6.09. The van der Waals surface area contributed by atoms with Crippen molar-refractivity contribution in [1.82, 2.24) is 10.2 Å². The van der Waals surface area contributed by atoms with E-state index in [-0.39, 0.29) is 6.04 Å². The first-order valence-electron chi connectivity index (χ1n) is 8.02. The summed E-state index contributed by atoms with van der Waals surface area (Å²) in [7, 11) is 0. The van der Waals surface area contributed by atoms with Gasteiger partial charge in [0.15, 0.2) is 0 Å². The summed E-state index contributed by atoms with van der Waals surface area (Å²) >= 11 is 0. The maximum absolute atomic E-state index is 9.12. The third kappa shape index (κ3) is 6.40. The first kappa shape index (κ1) is 16.5. The van der Waals surface area contributed by atoms with E-state index >= 15 is 0 Å². The summed E-state index contributed by atoms with van der Waals surface area (Å²) in [5.41, 5.74) is 0. The fourth-order valence-electron chi connectivity index (χ4n) is 2.91. The van der Waals surface area contributed by atoms with E-state index in [1.807, 2.05) is 0 Å². The van der Waals surface area contributed by atoms with Gasteiger partial charge in [0.2, 0.25) is 0 Å². The molecule has 0 spiro atoms. The molecule has 3 nitrogen and oxygen atoms in total. The minimum absolute atomic E-state index is 0.0316. The number of hydrogen-bond acceptors (Lipinski definition) is 3. The Kier molecular flexibility index (Phi) is 8.09. The van der Waals surface area contributed by atoms with E-state index in [0.717, 1.165) is 37.8 Å². The summed E-state index contributed by atoms with van der Waals surface area (Å²) in [5.74, 6) is 1.72. The average molecular weight is 265 g/mol. The Balaban J connectivity index is 2.27. The Bertz CT molecular complexity index is 270. The Labute approximate surface area is 119 Å². The van der Waals surface area contributed by atoms with Crippen LogP contribution in [-0.4, -0.2) is 37.1 Å². The van der Waals surface area contributed by atoms with E-state index < -0.39 is 0 Å². The van der Waals surface area contributed by atoms with Crippen molar-refractivity contribution >= 4 is 0 Å². The zero-order chi connectivity index (χ0) is 14.1.